The Morgan fingerprint density at radius 1 is 1.20 bits per heavy atom. The lowest BCUT2D eigenvalue weighted by Gasteiger charge is -2.27. The number of hydrogen-bond donors (Lipinski definition) is 2. The molecule has 0 heterocycles. The topological polar surface area (TPSA) is 90.0 Å². The zero-order valence-electron chi connectivity index (χ0n) is 12.1. The van der Waals surface area contributed by atoms with Crippen molar-refractivity contribution in [1.82, 2.24) is 15.1 Å². The van der Waals surface area contributed by atoms with Crippen LogP contribution in [0.5, 0.6) is 0 Å². The van der Waals surface area contributed by atoms with Crippen LogP contribution in [-0.4, -0.2) is 66.0 Å². The number of carbonyl (C=O) groups excluding carboxylic acids is 2. The van der Waals surface area contributed by atoms with Crippen molar-refractivity contribution in [2.45, 2.75) is 38.1 Å². The fourth-order valence-corrected chi connectivity index (χ4v) is 2.33. The van der Waals surface area contributed by atoms with Crippen molar-refractivity contribution < 1.29 is 19.5 Å². The van der Waals surface area contributed by atoms with E-state index in [1.165, 1.54) is 9.80 Å². The van der Waals surface area contributed by atoms with E-state index in [0.717, 1.165) is 25.7 Å². The van der Waals surface area contributed by atoms with Crippen molar-refractivity contribution >= 4 is 17.9 Å². The number of hydrogen-bond acceptors (Lipinski definition) is 3. The zero-order chi connectivity index (χ0) is 15.1. The van der Waals surface area contributed by atoms with Gasteiger partial charge in [0.1, 0.15) is 6.54 Å². The van der Waals surface area contributed by atoms with Crippen LogP contribution in [0.25, 0.3) is 0 Å². The second-order valence-electron chi connectivity index (χ2n) is 5.23. The highest BCUT2D eigenvalue weighted by atomic mass is 16.4. The SMILES string of the molecule is CN(C)C(=O)CCNC(=O)N(CC(=O)O)C1CCCC1. The quantitative estimate of drug-likeness (QED) is 0.743. The molecule has 3 amide bonds. The van der Waals surface area contributed by atoms with Crippen LogP contribution in [0, 0.1) is 0 Å². The lowest BCUT2D eigenvalue weighted by molar-refractivity contribution is -0.138. The van der Waals surface area contributed by atoms with E-state index in [2.05, 4.69) is 5.32 Å². The van der Waals surface area contributed by atoms with Gasteiger partial charge in [0.25, 0.3) is 0 Å². The van der Waals surface area contributed by atoms with Gasteiger partial charge < -0.3 is 20.2 Å². The second kappa shape index (κ2) is 7.72. The van der Waals surface area contributed by atoms with E-state index < -0.39 is 12.0 Å². The van der Waals surface area contributed by atoms with E-state index >= 15 is 0 Å². The average Bonchev–Trinajstić information content (AvgIpc) is 2.88. The molecule has 1 fully saturated rings. The molecule has 1 aliphatic carbocycles. The Bertz CT molecular complexity index is 365. The molecule has 0 atom stereocenters. The number of nitrogens with one attached hydrogen (secondary N) is 1. The third kappa shape index (κ3) is 5.07. The van der Waals surface area contributed by atoms with Gasteiger partial charge in [0.15, 0.2) is 0 Å². The lowest BCUT2D eigenvalue weighted by atomic mass is 10.2. The maximum absolute atomic E-state index is 12.0. The number of carboxylic acid groups (broad SMARTS) is 1. The van der Waals surface area contributed by atoms with Gasteiger partial charge in [-0.15, -0.1) is 0 Å². The van der Waals surface area contributed by atoms with Crippen LogP contribution in [0.15, 0.2) is 0 Å². The summed E-state index contributed by atoms with van der Waals surface area (Å²) in [7, 11) is 3.30. The Balaban J connectivity index is 2.46. The Labute approximate surface area is 118 Å². The van der Waals surface area contributed by atoms with Crippen molar-refractivity contribution in [2.24, 2.45) is 0 Å². The molecule has 1 aliphatic rings. The van der Waals surface area contributed by atoms with Gasteiger partial charge in [0.05, 0.1) is 0 Å². The number of carbonyl (C=O) groups is 3. The molecule has 7 heteroatoms. The maximum atomic E-state index is 12.0. The van der Waals surface area contributed by atoms with Crippen LogP contribution in [0.3, 0.4) is 0 Å². The number of carboxylic acids is 1. The molecule has 0 bridgehead atoms. The Kier molecular flexibility index (Phi) is 6.27. The summed E-state index contributed by atoms with van der Waals surface area (Å²) in [5, 5.41) is 11.5. The Morgan fingerprint density at radius 3 is 2.30 bits per heavy atom. The normalized spacial score (nSPS) is 14.9. The van der Waals surface area contributed by atoms with Crippen LogP contribution < -0.4 is 5.32 Å². The fraction of sp³-hybridized carbons (Fsp3) is 0.769. The molecular weight excluding hydrogens is 262 g/mol. The van der Waals surface area contributed by atoms with E-state index in [4.69, 9.17) is 5.11 Å². The average molecular weight is 285 g/mol. The molecule has 1 saturated carbocycles. The first-order valence-corrected chi connectivity index (χ1v) is 6.88. The first kappa shape index (κ1) is 16.3. The molecule has 7 nitrogen and oxygen atoms in total. The van der Waals surface area contributed by atoms with Crippen molar-refractivity contribution in [1.29, 1.82) is 0 Å². The largest absolute Gasteiger partial charge is 0.480 e. The lowest BCUT2D eigenvalue weighted by Crippen LogP contribution is -2.48. The van der Waals surface area contributed by atoms with E-state index in [1.54, 1.807) is 14.1 Å². The van der Waals surface area contributed by atoms with Crippen LogP contribution in [-0.2, 0) is 9.59 Å². The predicted octanol–water partition coefficient (Wildman–Crippen LogP) is 0.504. The van der Waals surface area contributed by atoms with Gasteiger partial charge in [-0.2, -0.15) is 0 Å². The monoisotopic (exact) mass is 285 g/mol. The Morgan fingerprint density at radius 2 is 1.80 bits per heavy atom. The van der Waals surface area contributed by atoms with Crippen molar-refractivity contribution in [3.8, 4) is 0 Å². The summed E-state index contributed by atoms with van der Waals surface area (Å²) in [4.78, 5) is 37.1. The molecule has 0 aliphatic heterocycles. The number of nitrogens with zero attached hydrogens (tertiary/aromatic N) is 2. The van der Waals surface area contributed by atoms with Gasteiger partial charge in [-0.25, -0.2) is 4.79 Å². The number of rotatable bonds is 6. The second-order valence-corrected chi connectivity index (χ2v) is 5.23. The van der Waals surface area contributed by atoms with Crippen molar-refractivity contribution in [2.75, 3.05) is 27.2 Å². The summed E-state index contributed by atoms with van der Waals surface area (Å²) < 4.78 is 0. The molecule has 0 radical (unpaired) electrons. The fourth-order valence-electron chi connectivity index (χ4n) is 2.33. The molecule has 0 aromatic carbocycles. The molecular formula is C13H23N3O4. The summed E-state index contributed by atoms with van der Waals surface area (Å²) in [6.07, 6.45) is 3.94. The first-order valence-electron chi connectivity index (χ1n) is 6.88. The third-order valence-electron chi connectivity index (χ3n) is 3.45. The zero-order valence-corrected chi connectivity index (χ0v) is 12.1. The van der Waals surface area contributed by atoms with Crippen LogP contribution >= 0.6 is 0 Å². The van der Waals surface area contributed by atoms with Gasteiger partial charge in [-0.3, -0.25) is 9.59 Å². The summed E-state index contributed by atoms with van der Waals surface area (Å²) in [6, 6.07) is -0.401. The van der Waals surface area contributed by atoms with Gasteiger partial charge in [0.2, 0.25) is 5.91 Å². The van der Waals surface area contributed by atoms with Crippen LogP contribution in [0.1, 0.15) is 32.1 Å². The molecule has 0 saturated heterocycles. The molecule has 2 N–H and O–H groups in total. The highest BCUT2D eigenvalue weighted by Crippen LogP contribution is 2.23. The minimum Gasteiger partial charge on any atom is -0.480 e. The minimum absolute atomic E-state index is 0.00403. The van der Waals surface area contributed by atoms with Gasteiger partial charge in [-0.1, -0.05) is 12.8 Å². The van der Waals surface area contributed by atoms with Crippen LogP contribution in [0.4, 0.5) is 4.79 Å². The van der Waals surface area contributed by atoms with E-state index in [9.17, 15) is 14.4 Å². The van der Waals surface area contributed by atoms with Gasteiger partial charge in [-0.05, 0) is 12.8 Å². The Hall–Kier alpha value is -1.79. The standard InChI is InChI=1S/C13H23N3O4/c1-15(2)11(17)7-8-14-13(20)16(9-12(18)19)10-5-3-4-6-10/h10H,3-9H2,1-2H3,(H,14,20)(H,18,19). The van der Waals surface area contributed by atoms with Crippen molar-refractivity contribution in [3.63, 3.8) is 0 Å². The number of aliphatic carboxylic acids is 1. The maximum Gasteiger partial charge on any atom is 0.323 e. The number of urea groups is 1. The number of amides is 3. The van der Waals surface area contributed by atoms with E-state index in [0.29, 0.717) is 0 Å². The summed E-state index contributed by atoms with van der Waals surface area (Å²) in [6.45, 7) is -0.0726. The minimum atomic E-state index is -1.02. The highest BCUT2D eigenvalue weighted by molar-refractivity contribution is 5.81. The summed E-state index contributed by atoms with van der Waals surface area (Å²) in [5.41, 5.74) is 0. The molecule has 114 valence electrons. The first-order chi connectivity index (χ1) is 9.41. The van der Waals surface area contributed by atoms with Crippen molar-refractivity contribution in [3.05, 3.63) is 0 Å². The molecule has 0 spiro atoms. The molecule has 0 unspecified atom stereocenters. The van der Waals surface area contributed by atoms with E-state index in [1.807, 2.05) is 0 Å². The predicted molar refractivity (Wildman–Crippen MR) is 73.3 cm³/mol. The highest BCUT2D eigenvalue weighted by Gasteiger charge is 2.28. The third-order valence-corrected chi connectivity index (χ3v) is 3.45. The van der Waals surface area contributed by atoms with E-state index in [-0.39, 0.29) is 31.5 Å². The molecule has 0 aromatic heterocycles. The summed E-state index contributed by atoms with van der Waals surface area (Å²) >= 11 is 0. The molecule has 20 heavy (non-hydrogen) atoms. The summed E-state index contributed by atoms with van der Waals surface area (Å²) in [5.74, 6) is -1.09. The molecule has 0 aromatic rings. The van der Waals surface area contributed by atoms with Crippen LogP contribution in [0.2, 0.25) is 0 Å². The van der Waals surface area contributed by atoms with Gasteiger partial charge in [0, 0.05) is 33.1 Å². The smallest absolute Gasteiger partial charge is 0.323 e. The molecule has 1 rings (SSSR count). The van der Waals surface area contributed by atoms with Gasteiger partial charge >= 0.3 is 12.0 Å².